The summed E-state index contributed by atoms with van der Waals surface area (Å²) in [6, 6.07) is 9.27. The van der Waals surface area contributed by atoms with E-state index in [9.17, 15) is 9.59 Å². The van der Waals surface area contributed by atoms with Gasteiger partial charge in [0.25, 0.3) is 0 Å². The minimum Gasteiger partial charge on any atom is -0.452 e. The van der Waals surface area contributed by atoms with Crippen LogP contribution in [0.3, 0.4) is 0 Å². The van der Waals surface area contributed by atoms with Gasteiger partial charge in [-0.2, -0.15) is 0 Å². The first-order valence-corrected chi connectivity index (χ1v) is 6.79. The van der Waals surface area contributed by atoms with Gasteiger partial charge in [0.1, 0.15) is 5.78 Å². The van der Waals surface area contributed by atoms with Crippen LogP contribution in [-0.4, -0.2) is 30.9 Å². The van der Waals surface area contributed by atoms with Crippen LogP contribution in [0.15, 0.2) is 30.3 Å². The van der Waals surface area contributed by atoms with Gasteiger partial charge in [-0.15, -0.1) is 0 Å². The Labute approximate surface area is 115 Å². The maximum Gasteiger partial charge on any atom is 0.413 e. The first-order chi connectivity index (χ1) is 8.69. The number of hydrogen-bond donors (Lipinski definition) is 0. The molecule has 0 N–H and O–H groups in total. The lowest BCUT2D eigenvalue weighted by atomic mass is 10.2. The first kappa shape index (κ1) is 14.7. The molecule has 98 valence electrons. The van der Waals surface area contributed by atoms with E-state index in [0.29, 0.717) is 24.7 Å². The van der Waals surface area contributed by atoms with Crippen molar-refractivity contribution in [2.75, 3.05) is 23.9 Å². The number of benzene rings is 1. The molecule has 0 aliphatic heterocycles. The summed E-state index contributed by atoms with van der Waals surface area (Å²) in [5.41, 5.74) is 0.774. The van der Waals surface area contributed by atoms with E-state index in [0.717, 1.165) is 5.69 Å². The maximum absolute atomic E-state index is 11.7. The molecule has 0 radical (unpaired) electrons. The second-order valence-electron chi connectivity index (χ2n) is 3.73. The normalized spacial score (nSPS) is 9.89. The number of alkyl halides is 1. The third kappa shape index (κ3) is 4.49. The fourth-order valence-corrected chi connectivity index (χ4v) is 1.83. The first-order valence-electron chi connectivity index (χ1n) is 5.67. The second kappa shape index (κ2) is 7.87. The minimum absolute atomic E-state index is 0.132. The smallest absolute Gasteiger partial charge is 0.413 e. The summed E-state index contributed by atoms with van der Waals surface area (Å²) in [6.07, 6.45) is 0.660. The van der Waals surface area contributed by atoms with Crippen LogP contribution >= 0.6 is 15.9 Å². The number of rotatable bonds is 6. The Morgan fingerprint density at radius 3 is 2.50 bits per heavy atom. The van der Waals surface area contributed by atoms with E-state index in [1.54, 1.807) is 0 Å². The molecule has 5 heteroatoms. The van der Waals surface area contributed by atoms with Gasteiger partial charge in [-0.1, -0.05) is 34.1 Å². The average molecular weight is 314 g/mol. The van der Waals surface area contributed by atoms with Crippen LogP contribution in [0.5, 0.6) is 0 Å². The van der Waals surface area contributed by atoms with E-state index < -0.39 is 6.09 Å². The number of halogens is 1. The monoisotopic (exact) mass is 313 g/mol. The van der Waals surface area contributed by atoms with Crippen molar-refractivity contribution in [3.05, 3.63) is 30.3 Å². The van der Waals surface area contributed by atoms with Crippen molar-refractivity contribution >= 4 is 33.5 Å². The predicted molar refractivity (Wildman–Crippen MR) is 74.2 cm³/mol. The zero-order valence-corrected chi connectivity index (χ0v) is 11.9. The van der Waals surface area contributed by atoms with E-state index in [1.165, 1.54) is 12.0 Å². The Morgan fingerprint density at radius 2 is 1.94 bits per heavy atom. The Morgan fingerprint density at radius 1 is 1.28 bits per heavy atom. The van der Waals surface area contributed by atoms with Crippen LogP contribution in [-0.2, 0) is 9.53 Å². The summed E-state index contributed by atoms with van der Waals surface area (Å²) in [7, 11) is 1.35. The minimum atomic E-state index is -0.410. The van der Waals surface area contributed by atoms with Gasteiger partial charge in [0.05, 0.1) is 12.4 Å². The molecule has 18 heavy (non-hydrogen) atoms. The number of methoxy groups -OCH3 is 1. The van der Waals surface area contributed by atoms with Gasteiger partial charge < -0.3 is 4.74 Å². The van der Waals surface area contributed by atoms with Crippen molar-refractivity contribution in [1.29, 1.82) is 0 Å². The Hall–Kier alpha value is -1.36. The molecule has 0 heterocycles. The second-order valence-corrected chi connectivity index (χ2v) is 4.29. The number of Topliss-reactive ketones (excluding diaryl/α,β-unsaturated/α-hetero) is 1. The molecular formula is C13H16BrNO3. The van der Waals surface area contributed by atoms with Crippen molar-refractivity contribution in [2.45, 2.75) is 12.8 Å². The highest BCUT2D eigenvalue weighted by atomic mass is 79.9. The lowest BCUT2D eigenvalue weighted by Crippen LogP contribution is -2.32. The number of carbonyl (C=O) groups is 2. The Bertz CT molecular complexity index is 394. The summed E-state index contributed by atoms with van der Waals surface area (Å²) < 4.78 is 4.74. The Balaban J connectivity index is 2.63. The predicted octanol–water partition coefficient (Wildman–Crippen LogP) is 3.00. The Kier molecular flexibility index (Phi) is 6.43. The molecule has 1 amide bonds. The van der Waals surface area contributed by atoms with Crippen molar-refractivity contribution in [2.24, 2.45) is 0 Å². The highest BCUT2D eigenvalue weighted by Gasteiger charge is 2.15. The van der Waals surface area contributed by atoms with Gasteiger partial charge in [0.2, 0.25) is 0 Å². The van der Waals surface area contributed by atoms with E-state index >= 15 is 0 Å². The molecule has 1 aromatic rings. The van der Waals surface area contributed by atoms with Crippen LogP contribution < -0.4 is 4.90 Å². The third-order valence-corrected chi connectivity index (χ3v) is 3.07. The molecule has 1 rings (SSSR count). The van der Waals surface area contributed by atoms with Gasteiger partial charge in [-0.3, -0.25) is 9.69 Å². The van der Waals surface area contributed by atoms with Gasteiger partial charge in [0.15, 0.2) is 0 Å². The molecule has 0 aliphatic carbocycles. The highest BCUT2D eigenvalue weighted by molar-refractivity contribution is 9.09. The summed E-state index contributed by atoms with van der Waals surface area (Å²) in [6.45, 7) is 0.468. The number of amides is 1. The fraction of sp³-hybridized carbons (Fsp3) is 0.385. The quantitative estimate of drug-likeness (QED) is 0.758. The van der Waals surface area contributed by atoms with Gasteiger partial charge in [0, 0.05) is 18.7 Å². The summed E-state index contributed by atoms with van der Waals surface area (Å²) in [5, 5.41) is 0.358. The average Bonchev–Trinajstić information content (AvgIpc) is 2.43. The van der Waals surface area contributed by atoms with E-state index in [-0.39, 0.29) is 5.78 Å². The summed E-state index contributed by atoms with van der Waals surface area (Å²) in [4.78, 5) is 24.4. The molecular weight excluding hydrogens is 298 g/mol. The van der Waals surface area contributed by atoms with E-state index in [2.05, 4.69) is 15.9 Å². The molecule has 4 nitrogen and oxygen atoms in total. The number of carbonyl (C=O) groups excluding carboxylic acids is 2. The van der Waals surface area contributed by atoms with Crippen LogP contribution in [0.4, 0.5) is 10.5 Å². The fourth-order valence-electron chi connectivity index (χ4n) is 1.55. The van der Waals surface area contributed by atoms with Crippen molar-refractivity contribution in [3.63, 3.8) is 0 Å². The molecule has 1 aromatic carbocycles. The topological polar surface area (TPSA) is 46.6 Å². The van der Waals surface area contributed by atoms with Crippen LogP contribution in [0.2, 0.25) is 0 Å². The number of ether oxygens (including phenoxy) is 1. The van der Waals surface area contributed by atoms with Crippen molar-refractivity contribution < 1.29 is 14.3 Å². The SMILES string of the molecule is COC(=O)N(CCCC(=O)CBr)c1ccccc1. The molecule has 0 aromatic heterocycles. The third-order valence-electron chi connectivity index (χ3n) is 2.45. The number of ketones is 1. The molecule has 0 fully saturated rings. The van der Waals surface area contributed by atoms with E-state index in [1.807, 2.05) is 30.3 Å². The van der Waals surface area contributed by atoms with Gasteiger partial charge in [-0.25, -0.2) is 4.79 Å². The van der Waals surface area contributed by atoms with Crippen LogP contribution in [0, 0.1) is 0 Å². The number of para-hydroxylation sites is 1. The standard InChI is InChI=1S/C13H16BrNO3/c1-18-13(17)15(9-5-8-12(16)10-14)11-6-3-2-4-7-11/h2-4,6-7H,5,8-10H2,1H3. The molecule has 0 bridgehead atoms. The summed E-state index contributed by atoms with van der Waals surface area (Å²) in [5.74, 6) is 0.132. The highest BCUT2D eigenvalue weighted by Crippen LogP contribution is 2.15. The van der Waals surface area contributed by atoms with Crippen molar-refractivity contribution in [3.8, 4) is 0 Å². The molecule has 0 aliphatic rings. The molecule has 0 atom stereocenters. The molecule has 0 saturated heterocycles. The lowest BCUT2D eigenvalue weighted by molar-refractivity contribution is -0.116. The van der Waals surface area contributed by atoms with Crippen LogP contribution in [0.25, 0.3) is 0 Å². The maximum atomic E-state index is 11.7. The zero-order valence-electron chi connectivity index (χ0n) is 10.3. The molecule has 0 unspecified atom stereocenters. The molecule has 0 saturated carbocycles. The van der Waals surface area contributed by atoms with Crippen LogP contribution in [0.1, 0.15) is 12.8 Å². The van der Waals surface area contributed by atoms with Gasteiger partial charge >= 0.3 is 6.09 Å². The largest absolute Gasteiger partial charge is 0.452 e. The molecule has 0 spiro atoms. The number of nitrogens with zero attached hydrogens (tertiary/aromatic N) is 1. The zero-order chi connectivity index (χ0) is 13.4. The lowest BCUT2D eigenvalue weighted by Gasteiger charge is -2.20. The van der Waals surface area contributed by atoms with Gasteiger partial charge in [-0.05, 0) is 18.6 Å². The number of anilines is 1. The summed E-state index contributed by atoms with van der Waals surface area (Å²) >= 11 is 3.11. The van der Waals surface area contributed by atoms with E-state index in [4.69, 9.17) is 4.74 Å². The number of hydrogen-bond acceptors (Lipinski definition) is 3. The van der Waals surface area contributed by atoms with Crippen molar-refractivity contribution in [1.82, 2.24) is 0 Å².